The first-order chi connectivity index (χ1) is 16.4. The van der Waals surface area contributed by atoms with Crippen LogP contribution >= 0.6 is 12.6 Å². The van der Waals surface area contributed by atoms with Crippen LogP contribution in [0.5, 0.6) is 0 Å². The summed E-state index contributed by atoms with van der Waals surface area (Å²) in [6, 6.07) is 4.52. The highest BCUT2D eigenvalue weighted by molar-refractivity contribution is 7.80. The molecule has 7 N–H and O–H groups in total. The van der Waals surface area contributed by atoms with Crippen LogP contribution in [0.15, 0.2) is 30.3 Å². The van der Waals surface area contributed by atoms with Crippen LogP contribution in [0, 0.1) is 5.92 Å². The zero-order chi connectivity index (χ0) is 26.5. The molecular formula is C23H34N4O7S. The van der Waals surface area contributed by atoms with E-state index in [1.165, 1.54) is 0 Å². The number of hydrogen-bond acceptors (Lipinski definition) is 7. The topological polar surface area (TPSA) is 188 Å². The Balaban J connectivity index is 2.95. The molecule has 0 saturated heterocycles. The van der Waals surface area contributed by atoms with Crippen LogP contribution in [0.25, 0.3) is 0 Å². The monoisotopic (exact) mass is 510 g/mol. The summed E-state index contributed by atoms with van der Waals surface area (Å²) in [5, 5.41) is 25.4. The van der Waals surface area contributed by atoms with Gasteiger partial charge in [-0.2, -0.15) is 12.6 Å². The van der Waals surface area contributed by atoms with Crippen LogP contribution < -0.4 is 21.7 Å². The fourth-order valence-corrected chi connectivity index (χ4v) is 3.46. The van der Waals surface area contributed by atoms with E-state index >= 15 is 0 Å². The summed E-state index contributed by atoms with van der Waals surface area (Å²) in [5.74, 6) is -4.86. The summed E-state index contributed by atoms with van der Waals surface area (Å²) in [6.45, 7) is 3.68. The predicted octanol–water partition coefficient (Wildman–Crippen LogP) is -0.0639. The normalized spacial score (nSPS) is 14.3. The highest BCUT2D eigenvalue weighted by Gasteiger charge is 2.30. The molecule has 0 saturated carbocycles. The molecule has 0 fully saturated rings. The molecule has 0 aliphatic heterocycles. The van der Waals surface area contributed by atoms with Gasteiger partial charge in [0.15, 0.2) is 0 Å². The second-order valence-electron chi connectivity index (χ2n) is 8.56. The highest BCUT2D eigenvalue weighted by Crippen LogP contribution is 2.09. The van der Waals surface area contributed by atoms with Crippen molar-refractivity contribution in [3.63, 3.8) is 0 Å². The molecule has 4 unspecified atom stereocenters. The second kappa shape index (κ2) is 15.0. The summed E-state index contributed by atoms with van der Waals surface area (Å²) >= 11 is 3.88. The Bertz CT molecular complexity index is 882. The third-order valence-electron chi connectivity index (χ3n) is 5.05. The first kappa shape index (κ1) is 29.9. The van der Waals surface area contributed by atoms with Crippen molar-refractivity contribution < 1.29 is 34.2 Å². The Morgan fingerprint density at radius 1 is 0.886 bits per heavy atom. The van der Waals surface area contributed by atoms with Gasteiger partial charge in [0.1, 0.15) is 18.1 Å². The molecule has 0 aliphatic rings. The van der Waals surface area contributed by atoms with Gasteiger partial charge >= 0.3 is 11.9 Å². The number of hydrogen-bond donors (Lipinski definition) is 7. The van der Waals surface area contributed by atoms with Crippen molar-refractivity contribution in [3.05, 3.63) is 35.9 Å². The first-order valence-corrected chi connectivity index (χ1v) is 11.8. The molecule has 194 valence electrons. The van der Waals surface area contributed by atoms with Crippen molar-refractivity contribution >= 4 is 42.3 Å². The van der Waals surface area contributed by atoms with E-state index in [0.29, 0.717) is 0 Å². The Morgan fingerprint density at radius 3 is 1.94 bits per heavy atom. The fourth-order valence-electron chi connectivity index (χ4n) is 3.21. The number of nitrogens with two attached hydrogens (primary N) is 1. The van der Waals surface area contributed by atoms with Gasteiger partial charge < -0.3 is 31.9 Å². The number of aliphatic carboxylic acids is 2. The van der Waals surface area contributed by atoms with Gasteiger partial charge in [-0.3, -0.25) is 19.2 Å². The van der Waals surface area contributed by atoms with Crippen LogP contribution in [-0.4, -0.2) is 69.8 Å². The van der Waals surface area contributed by atoms with Gasteiger partial charge in [0.05, 0.1) is 6.04 Å². The third kappa shape index (κ3) is 11.2. The van der Waals surface area contributed by atoms with E-state index in [0.717, 1.165) is 5.56 Å². The minimum atomic E-state index is -1.33. The molecule has 1 rings (SSSR count). The lowest BCUT2D eigenvalue weighted by Gasteiger charge is -2.25. The van der Waals surface area contributed by atoms with E-state index in [4.69, 9.17) is 15.9 Å². The number of amides is 3. The number of thiol groups is 1. The number of carbonyl (C=O) groups excluding carboxylic acids is 3. The van der Waals surface area contributed by atoms with Crippen LogP contribution in [-0.2, 0) is 30.4 Å². The predicted molar refractivity (Wildman–Crippen MR) is 132 cm³/mol. The molecule has 0 radical (unpaired) electrons. The van der Waals surface area contributed by atoms with E-state index in [-0.39, 0.29) is 30.9 Å². The molecule has 1 aromatic rings. The van der Waals surface area contributed by atoms with Crippen LogP contribution in [0.3, 0.4) is 0 Å². The molecule has 12 heteroatoms. The summed E-state index contributed by atoms with van der Waals surface area (Å²) in [6.07, 6.45) is -0.230. The van der Waals surface area contributed by atoms with Crippen LogP contribution in [0.1, 0.15) is 38.7 Å². The lowest BCUT2D eigenvalue weighted by molar-refractivity contribution is -0.142. The Labute approximate surface area is 209 Å². The lowest BCUT2D eigenvalue weighted by atomic mass is 10.0. The van der Waals surface area contributed by atoms with E-state index in [1.807, 2.05) is 44.2 Å². The number of carboxylic acid groups (broad SMARTS) is 2. The molecule has 0 spiro atoms. The van der Waals surface area contributed by atoms with Crippen molar-refractivity contribution in [2.24, 2.45) is 11.7 Å². The van der Waals surface area contributed by atoms with E-state index in [2.05, 4.69) is 28.6 Å². The molecule has 0 heterocycles. The zero-order valence-corrected chi connectivity index (χ0v) is 20.7. The summed E-state index contributed by atoms with van der Waals surface area (Å²) < 4.78 is 0. The second-order valence-corrected chi connectivity index (χ2v) is 8.93. The maximum absolute atomic E-state index is 13.0. The van der Waals surface area contributed by atoms with Crippen molar-refractivity contribution in [1.29, 1.82) is 0 Å². The van der Waals surface area contributed by atoms with E-state index < -0.39 is 60.2 Å². The Hall–Kier alpha value is -3.12. The molecule has 35 heavy (non-hydrogen) atoms. The fraction of sp³-hybridized carbons (Fsp3) is 0.522. The van der Waals surface area contributed by atoms with Gasteiger partial charge in [-0.15, -0.1) is 0 Å². The average molecular weight is 511 g/mol. The maximum Gasteiger partial charge on any atom is 0.327 e. The van der Waals surface area contributed by atoms with Crippen LogP contribution in [0.2, 0.25) is 0 Å². The number of carbonyl (C=O) groups is 5. The zero-order valence-electron chi connectivity index (χ0n) is 19.8. The smallest absolute Gasteiger partial charge is 0.327 e. The van der Waals surface area contributed by atoms with E-state index in [1.54, 1.807) is 0 Å². The van der Waals surface area contributed by atoms with Gasteiger partial charge in [-0.05, 0) is 30.7 Å². The number of nitrogens with one attached hydrogen (secondary N) is 3. The molecular weight excluding hydrogens is 476 g/mol. The van der Waals surface area contributed by atoms with Crippen molar-refractivity contribution in [1.82, 2.24) is 16.0 Å². The summed E-state index contributed by atoms with van der Waals surface area (Å²) in [5.41, 5.74) is 6.87. The molecule has 0 aliphatic carbocycles. The Morgan fingerprint density at radius 2 is 1.43 bits per heavy atom. The molecule has 1 aromatic carbocycles. The quantitative estimate of drug-likeness (QED) is 0.160. The summed E-state index contributed by atoms with van der Waals surface area (Å²) in [7, 11) is 0. The minimum Gasteiger partial charge on any atom is -0.481 e. The molecule has 11 nitrogen and oxygen atoms in total. The lowest BCUT2D eigenvalue weighted by Crippen LogP contribution is -2.57. The van der Waals surface area contributed by atoms with Gasteiger partial charge in [0, 0.05) is 12.2 Å². The Kier molecular flexibility index (Phi) is 12.8. The molecule has 0 aromatic heterocycles. The summed E-state index contributed by atoms with van der Waals surface area (Å²) in [4.78, 5) is 60.6. The largest absolute Gasteiger partial charge is 0.481 e. The SMILES string of the molecule is CC(C)CC(NC(=O)C(N)Cc1ccccc1)C(=O)NC(CCC(=O)O)C(=O)NC(CS)C(=O)O. The number of benzene rings is 1. The molecule has 3 amide bonds. The number of rotatable bonds is 15. The van der Waals surface area contributed by atoms with Crippen molar-refractivity contribution in [2.45, 2.75) is 63.7 Å². The number of carboxylic acids is 2. The standard InChI is InChI=1S/C23H34N4O7S/c1-13(2)10-17(26-20(30)15(24)11-14-6-4-3-5-7-14)22(32)25-16(8-9-19(28)29)21(31)27-18(12-35)23(33)34/h3-7,13,15-18,35H,8-12,24H2,1-2H3,(H,25,32)(H,26,30)(H,27,31)(H,28,29)(H,33,34). The van der Waals surface area contributed by atoms with Crippen molar-refractivity contribution in [2.75, 3.05) is 5.75 Å². The van der Waals surface area contributed by atoms with Crippen LogP contribution in [0.4, 0.5) is 0 Å². The van der Waals surface area contributed by atoms with Gasteiger partial charge in [-0.25, -0.2) is 4.79 Å². The van der Waals surface area contributed by atoms with Gasteiger partial charge in [-0.1, -0.05) is 44.2 Å². The highest BCUT2D eigenvalue weighted by atomic mass is 32.1. The van der Waals surface area contributed by atoms with E-state index in [9.17, 15) is 24.0 Å². The molecule has 0 bridgehead atoms. The molecule has 4 atom stereocenters. The minimum absolute atomic E-state index is 0.0109. The maximum atomic E-state index is 13.0. The average Bonchev–Trinajstić information content (AvgIpc) is 2.79. The third-order valence-corrected chi connectivity index (χ3v) is 5.42. The van der Waals surface area contributed by atoms with Gasteiger partial charge in [0.25, 0.3) is 0 Å². The van der Waals surface area contributed by atoms with Crippen molar-refractivity contribution in [3.8, 4) is 0 Å². The first-order valence-electron chi connectivity index (χ1n) is 11.2. The van der Waals surface area contributed by atoms with Gasteiger partial charge in [0.2, 0.25) is 17.7 Å².